The number of benzene rings is 1. The molecule has 2 aromatic heterocycles. The molecule has 8 heteroatoms. The molecule has 122 valence electrons. The minimum atomic E-state index is -0.282. The van der Waals surface area contributed by atoms with Crippen LogP contribution in [0.3, 0.4) is 0 Å². The Morgan fingerprint density at radius 3 is 2.75 bits per heavy atom. The summed E-state index contributed by atoms with van der Waals surface area (Å²) in [6, 6.07) is 9.56. The van der Waals surface area contributed by atoms with E-state index in [4.69, 9.17) is 0 Å². The lowest BCUT2D eigenvalue weighted by atomic mass is 10.2. The number of nitrogens with zero attached hydrogens (tertiary/aromatic N) is 5. The summed E-state index contributed by atoms with van der Waals surface area (Å²) in [5.74, 6) is 0.00689. The van der Waals surface area contributed by atoms with E-state index in [1.54, 1.807) is 12.3 Å². The zero-order valence-electron chi connectivity index (χ0n) is 13.2. The third-order valence-corrected chi connectivity index (χ3v) is 4.21. The molecule has 24 heavy (non-hydrogen) atoms. The van der Waals surface area contributed by atoms with Crippen LogP contribution < -0.4 is 5.32 Å². The molecule has 0 fully saturated rings. The number of para-hydroxylation sites is 1. The van der Waals surface area contributed by atoms with Crippen molar-refractivity contribution < 1.29 is 4.79 Å². The molecule has 0 radical (unpaired) electrons. The summed E-state index contributed by atoms with van der Waals surface area (Å²) in [6.07, 6.45) is 4.60. The van der Waals surface area contributed by atoms with Gasteiger partial charge in [-0.2, -0.15) is 9.90 Å². The van der Waals surface area contributed by atoms with Crippen molar-refractivity contribution in [3.8, 4) is 5.69 Å². The van der Waals surface area contributed by atoms with Gasteiger partial charge in [0, 0.05) is 12.0 Å². The first-order valence-electron chi connectivity index (χ1n) is 7.42. The van der Waals surface area contributed by atoms with E-state index in [0.717, 1.165) is 10.7 Å². The topological polar surface area (TPSA) is 85.6 Å². The second kappa shape index (κ2) is 7.14. The van der Waals surface area contributed by atoms with E-state index in [-0.39, 0.29) is 11.8 Å². The van der Waals surface area contributed by atoms with Gasteiger partial charge in [0.05, 0.1) is 11.9 Å². The van der Waals surface area contributed by atoms with E-state index in [2.05, 4.69) is 25.7 Å². The molecule has 0 unspecified atom stereocenters. The Balaban J connectivity index is 1.63. The van der Waals surface area contributed by atoms with Crippen LogP contribution in [0.2, 0.25) is 0 Å². The van der Waals surface area contributed by atoms with E-state index in [0.29, 0.717) is 10.8 Å². The number of amides is 1. The van der Waals surface area contributed by atoms with Crippen molar-refractivity contribution in [3.63, 3.8) is 0 Å². The summed E-state index contributed by atoms with van der Waals surface area (Å²) in [5, 5.41) is 20.5. The summed E-state index contributed by atoms with van der Waals surface area (Å²) in [7, 11) is 0. The van der Waals surface area contributed by atoms with Gasteiger partial charge in [-0.25, -0.2) is 0 Å². The van der Waals surface area contributed by atoms with Crippen LogP contribution in [0.5, 0.6) is 0 Å². The fourth-order valence-corrected chi connectivity index (χ4v) is 2.61. The van der Waals surface area contributed by atoms with Gasteiger partial charge in [-0.3, -0.25) is 10.1 Å². The van der Waals surface area contributed by atoms with Gasteiger partial charge in [-0.1, -0.05) is 43.4 Å². The molecule has 1 amide bonds. The van der Waals surface area contributed by atoms with Crippen LogP contribution in [0.15, 0.2) is 42.6 Å². The largest absolute Gasteiger partial charge is 0.297 e. The Hall–Kier alpha value is -2.87. The monoisotopic (exact) mass is 340 g/mol. The molecule has 2 heterocycles. The maximum absolute atomic E-state index is 11.9. The van der Waals surface area contributed by atoms with E-state index in [1.807, 2.05) is 44.2 Å². The lowest BCUT2D eigenvalue weighted by Crippen LogP contribution is -2.07. The van der Waals surface area contributed by atoms with E-state index in [9.17, 15) is 4.79 Å². The standard InChI is InChI=1S/C16H16N6OS/c1-11(2)15-19-20-16(24-15)18-14(23)9-8-12-10-17-22(21-12)13-6-4-3-5-7-13/h3-11H,1-2H3,(H,18,20,23). The number of hydrogen-bond acceptors (Lipinski definition) is 6. The molecular weight excluding hydrogens is 324 g/mol. The van der Waals surface area contributed by atoms with Gasteiger partial charge in [0.25, 0.3) is 0 Å². The van der Waals surface area contributed by atoms with Crippen LogP contribution in [0.4, 0.5) is 5.13 Å². The Morgan fingerprint density at radius 2 is 2.04 bits per heavy atom. The van der Waals surface area contributed by atoms with Crippen molar-refractivity contribution in [2.24, 2.45) is 0 Å². The number of hydrogen-bond donors (Lipinski definition) is 1. The van der Waals surface area contributed by atoms with Crippen molar-refractivity contribution in [1.29, 1.82) is 0 Å². The average Bonchev–Trinajstić information content (AvgIpc) is 3.23. The fourth-order valence-electron chi connectivity index (χ4n) is 1.86. The van der Waals surface area contributed by atoms with Crippen molar-refractivity contribution in [2.75, 3.05) is 5.32 Å². The molecule has 1 aromatic carbocycles. The molecule has 3 rings (SSSR count). The second-order valence-corrected chi connectivity index (χ2v) is 6.33. The first kappa shape index (κ1) is 16.0. The molecule has 1 N–H and O–H groups in total. The first-order chi connectivity index (χ1) is 11.6. The van der Waals surface area contributed by atoms with E-state index in [1.165, 1.54) is 22.2 Å². The third-order valence-electron chi connectivity index (χ3n) is 3.07. The number of carbonyl (C=O) groups is 1. The molecule has 0 bridgehead atoms. The summed E-state index contributed by atoms with van der Waals surface area (Å²) < 4.78 is 0. The summed E-state index contributed by atoms with van der Waals surface area (Å²) in [5.41, 5.74) is 1.45. The van der Waals surface area contributed by atoms with Crippen LogP contribution >= 0.6 is 11.3 Å². The number of aromatic nitrogens is 5. The van der Waals surface area contributed by atoms with E-state index < -0.39 is 0 Å². The normalized spacial score (nSPS) is 11.3. The Labute approximate surface area is 143 Å². The Kier molecular flexibility index (Phi) is 4.76. The molecule has 7 nitrogen and oxygen atoms in total. The van der Waals surface area contributed by atoms with Crippen molar-refractivity contribution >= 4 is 28.5 Å². The average molecular weight is 340 g/mol. The highest BCUT2D eigenvalue weighted by atomic mass is 32.1. The van der Waals surface area contributed by atoms with Crippen molar-refractivity contribution in [2.45, 2.75) is 19.8 Å². The lowest BCUT2D eigenvalue weighted by Gasteiger charge is -1.96. The van der Waals surface area contributed by atoms with Gasteiger partial charge >= 0.3 is 0 Å². The fraction of sp³-hybridized carbons (Fsp3) is 0.188. The number of rotatable bonds is 5. The maximum atomic E-state index is 11.9. The number of nitrogens with one attached hydrogen (secondary N) is 1. The zero-order chi connectivity index (χ0) is 16.9. The molecule has 0 aliphatic rings. The minimum absolute atomic E-state index is 0.282. The predicted molar refractivity (Wildman–Crippen MR) is 93.0 cm³/mol. The van der Waals surface area contributed by atoms with Crippen LogP contribution in [0.1, 0.15) is 30.5 Å². The highest BCUT2D eigenvalue weighted by Gasteiger charge is 2.09. The SMILES string of the molecule is CC(C)c1nnc(NC(=O)C=Cc2cnn(-c3ccccc3)n2)s1. The quantitative estimate of drug-likeness (QED) is 0.722. The smallest absolute Gasteiger partial charge is 0.250 e. The first-order valence-corrected chi connectivity index (χ1v) is 8.23. The van der Waals surface area contributed by atoms with Crippen LogP contribution in [-0.4, -0.2) is 31.1 Å². The van der Waals surface area contributed by atoms with Gasteiger partial charge in [0.1, 0.15) is 10.7 Å². The lowest BCUT2D eigenvalue weighted by molar-refractivity contribution is -0.111. The van der Waals surface area contributed by atoms with Gasteiger partial charge < -0.3 is 0 Å². The molecular formula is C16H16N6OS. The van der Waals surface area contributed by atoms with Crippen molar-refractivity contribution in [3.05, 3.63) is 53.3 Å². The molecule has 3 aromatic rings. The molecule has 0 atom stereocenters. The Morgan fingerprint density at radius 1 is 1.25 bits per heavy atom. The minimum Gasteiger partial charge on any atom is -0.297 e. The molecule has 0 saturated heterocycles. The van der Waals surface area contributed by atoms with Gasteiger partial charge in [-0.15, -0.1) is 15.3 Å². The molecule has 0 spiro atoms. The molecule has 0 aliphatic heterocycles. The maximum Gasteiger partial charge on any atom is 0.250 e. The van der Waals surface area contributed by atoms with Gasteiger partial charge in [-0.05, 0) is 18.2 Å². The van der Waals surface area contributed by atoms with Crippen LogP contribution in [-0.2, 0) is 4.79 Å². The Bertz CT molecular complexity index is 852. The highest BCUT2D eigenvalue weighted by Crippen LogP contribution is 2.22. The predicted octanol–water partition coefficient (Wildman–Crippen LogP) is 2.89. The summed E-state index contributed by atoms with van der Waals surface area (Å²) >= 11 is 1.37. The van der Waals surface area contributed by atoms with E-state index >= 15 is 0 Å². The summed E-state index contributed by atoms with van der Waals surface area (Å²) in [4.78, 5) is 13.4. The number of carbonyl (C=O) groups excluding carboxylic acids is 1. The van der Waals surface area contributed by atoms with Crippen LogP contribution in [0, 0.1) is 0 Å². The number of anilines is 1. The molecule has 0 saturated carbocycles. The zero-order valence-corrected chi connectivity index (χ0v) is 14.1. The second-order valence-electron chi connectivity index (χ2n) is 5.32. The highest BCUT2D eigenvalue weighted by molar-refractivity contribution is 7.15. The van der Waals surface area contributed by atoms with Gasteiger partial charge in [0.15, 0.2) is 0 Å². The molecule has 0 aliphatic carbocycles. The third kappa shape index (κ3) is 3.90. The van der Waals surface area contributed by atoms with Gasteiger partial charge in [0.2, 0.25) is 11.0 Å². The summed E-state index contributed by atoms with van der Waals surface area (Å²) in [6.45, 7) is 4.06. The van der Waals surface area contributed by atoms with Crippen molar-refractivity contribution in [1.82, 2.24) is 25.2 Å². The van der Waals surface area contributed by atoms with Crippen LogP contribution in [0.25, 0.3) is 11.8 Å².